The fourth-order valence-corrected chi connectivity index (χ4v) is 2.66. The zero-order valence-electron chi connectivity index (χ0n) is 12.2. The van der Waals surface area contributed by atoms with Crippen LogP contribution >= 0.6 is 0 Å². The van der Waals surface area contributed by atoms with E-state index < -0.39 is 5.41 Å². The molecule has 2 aromatic carbocycles. The molecule has 0 aliphatic heterocycles. The fraction of sp³-hybridized carbons (Fsp3) is 0.294. The molecule has 0 spiro atoms. The van der Waals surface area contributed by atoms with Crippen molar-refractivity contribution in [1.29, 1.82) is 0 Å². The molecule has 2 rings (SSSR count). The minimum absolute atomic E-state index is 0.0215. The molecule has 4 N–H and O–H groups in total. The Hall–Kier alpha value is -2.04. The first-order valence-corrected chi connectivity index (χ1v) is 6.77. The standard InChI is InChI=1S/C17H20O4/c1-17(2,11-3-5-12(20)6-4-11)15-7-8-16(21)14(10-19)13(15)9-18/h3-8,18-21H,9-10H2,1-2H3. The summed E-state index contributed by atoms with van der Waals surface area (Å²) in [5.41, 5.74) is 2.24. The number of rotatable bonds is 4. The SMILES string of the molecule is CC(C)(c1ccc(O)cc1)c1ccc(O)c(CO)c1CO. The summed E-state index contributed by atoms with van der Waals surface area (Å²) < 4.78 is 0. The molecule has 112 valence electrons. The summed E-state index contributed by atoms with van der Waals surface area (Å²) in [5, 5.41) is 38.3. The van der Waals surface area contributed by atoms with Crippen LogP contribution in [0, 0.1) is 0 Å². The first-order chi connectivity index (χ1) is 9.91. The average Bonchev–Trinajstić information content (AvgIpc) is 2.46. The highest BCUT2D eigenvalue weighted by molar-refractivity contribution is 5.50. The van der Waals surface area contributed by atoms with Gasteiger partial charge in [-0.3, -0.25) is 0 Å². The van der Waals surface area contributed by atoms with Gasteiger partial charge in [-0.25, -0.2) is 0 Å². The van der Waals surface area contributed by atoms with Crippen molar-refractivity contribution in [2.75, 3.05) is 0 Å². The van der Waals surface area contributed by atoms with E-state index in [0.717, 1.165) is 11.1 Å². The van der Waals surface area contributed by atoms with Gasteiger partial charge in [0.1, 0.15) is 11.5 Å². The Morgan fingerprint density at radius 2 is 1.38 bits per heavy atom. The van der Waals surface area contributed by atoms with Gasteiger partial charge in [0, 0.05) is 11.0 Å². The predicted molar refractivity (Wildman–Crippen MR) is 80.2 cm³/mol. The molecule has 0 aliphatic carbocycles. The summed E-state index contributed by atoms with van der Waals surface area (Å²) in [6.07, 6.45) is 0. The monoisotopic (exact) mass is 288 g/mol. The Morgan fingerprint density at radius 1 is 0.810 bits per heavy atom. The van der Waals surface area contributed by atoms with E-state index in [1.807, 2.05) is 26.0 Å². The highest BCUT2D eigenvalue weighted by atomic mass is 16.3. The van der Waals surface area contributed by atoms with Gasteiger partial charge in [0.25, 0.3) is 0 Å². The summed E-state index contributed by atoms with van der Waals surface area (Å²) in [4.78, 5) is 0. The Morgan fingerprint density at radius 3 is 1.90 bits per heavy atom. The Kier molecular flexibility index (Phi) is 4.21. The molecular formula is C17H20O4. The normalized spacial score (nSPS) is 11.6. The zero-order valence-corrected chi connectivity index (χ0v) is 12.2. The Labute approximate surface area is 123 Å². The van der Waals surface area contributed by atoms with E-state index in [1.165, 1.54) is 6.07 Å². The Bertz CT molecular complexity index is 630. The van der Waals surface area contributed by atoms with Gasteiger partial charge in [-0.05, 0) is 34.9 Å². The molecule has 4 heteroatoms. The number of hydrogen-bond donors (Lipinski definition) is 4. The number of benzene rings is 2. The van der Waals surface area contributed by atoms with Crippen molar-refractivity contribution in [3.8, 4) is 11.5 Å². The number of aromatic hydroxyl groups is 2. The third kappa shape index (κ3) is 2.73. The highest BCUT2D eigenvalue weighted by Gasteiger charge is 2.27. The number of phenolic OH excluding ortho intramolecular Hbond substituents is 1. The van der Waals surface area contributed by atoms with E-state index in [4.69, 9.17) is 0 Å². The number of hydrogen-bond acceptors (Lipinski definition) is 4. The molecule has 0 aromatic heterocycles. The van der Waals surface area contributed by atoms with Crippen LogP contribution in [0.3, 0.4) is 0 Å². The van der Waals surface area contributed by atoms with E-state index in [-0.39, 0.29) is 24.7 Å². The van der Waals surface area contributed by atoms with Crippen LogP contribution < -0.4 is 0 Å². The van der Waals surface area contributed by atoms with Crippen molar-refractivity contribution in [1.82, 2.24) is 0 Å². The molecule has 0 amide bonds. The molecular weight excluding hydrogens is 268 g/mol. The number of aliphatic hydroxyl groups is 2. The maximum atomic E-state index is 9.82. The molecule has 0 heterocycles. The lowest BCUT2D eigenvalue weighted by Gasteiger charge is -2.29. The van der Waals surface area contributed by atoms with Gasteiger partial charge in [-0.15, -0.1) is 0 Å². The molecule has 0 aliphatic rings. The van der Waals surface area contributed by atoms with E-state index in [0.29, 0.717) is 11.1 Å². The summed E-state index contributed by atoms with van der Waals surface area (Å²) in [6.45, 7) is 3.39. The van der Waals surface area contributed by atoms with Crippen LogP contribution in [0.2, 0.25) is 0 Å². The maximum Gasteiger partial charge on any atom is 0.121 e. The molecule has 0 unspecified atom stereocenters. The van der Waals surface area contributed by atoms with E-state index >= 15 is 0 Å². The van der Waals surface area contributed by atoms with Crippen molar-refractivity contribution in [2.45, 2.75) is 32.5 Å². The largest absolute Gasteiger partial charge is 0.508 e. The topological polar surface area (TPSA) is 80.9 Å². The van der Waals surface area contributed by atoms with Gasteiger partial charge in [-0.2, -0.15) is 0 Å². The van der Waals surface area contributed by atoms with Crippen LogP contribution in [0.5, 0.6) is 11.5 Å². The second kappa shape index (κ2) is 5.76. The zero-order chi connectivity index (χ0) is 15.6. The first kappa shape index (κ1) is 15.4. The lowest BCUT2D eigenvalue weighted by Crippen LogP contribution is -2.22. The molecule has 2 aromatic rings. The van der Waals surface area contributed by atoms with E-state index in [1.54, 1.807) is 18.2 Å². The molecule has 0 bridgehead atoms. The Balaban J connectivity index is 2.61. The smallest absolute Gasteiger partial charge is 0.121 e. The van der Waals surface area contributed by atoms with Crippen LogP contribution in [0.4, 0.5) is 0 Å². The second-order valence-corrected chi connectivity index (χ2v) is 5.58. The number of aliphatic hydroxyl groups excluding tert-OH is 2. The fourth-order valence-electron chi connectivity index (χ4n) is 2.66. The van der Waals surface area contributed by atoms with Gasteiger partial charge < -0.3 is 20.4 Å². The molecule has 0 saturated heterocycles. The van der Waals surface area contributed by atoms with Crippen LogP contribution in [0.15, 0.2) is 36.4 Å². The maximum absolute atomic E-state index is 9.82. The third-order valence-electron chi connectivity index (χ3n) is 3.99. The third-order valence-corrected chi connectivity index (χ3v) is 3.99. The molecule has 4 nitrogen and oxygen atoms in total. The minimum atomic E-state index is -0.441. The summed E-state index contributed by atoms with van der Waals surface area (Å²) >= 11 is 0. The van der Waals surface area contributed by atoms with Crippen molar-refractivity contribution in [2.24, 2.45) is 0 Å². The molecule has 0 saturated carbocycles. The average molecular weight is 288 g/mol. The van der Waals surface area contributed by atoms with Crippen LogP contribution in [0.25, 0.3) is 0 Å². The van der Waals surface area contributed by atoms with Crippen LogP contribution in [-0.2, 0) is 18.6 Å². The van der Waals surface area contributed by atoms with Gasteiger partial charge in [0.2, 0.25) is 0 Å². The van der Waals surface area contributed by atoms with Crippen molar-refractivity contribution in [3.63, 3.8) is 0 Å². The lowest BCUT2D eigenvalue weighted by molar-refractivity contribution is 0.253. The predicted octanol–water partition coefficient (Wildman–Crippen LogP) is 2.41. The van der Waals surface area contributed by atoms with Gasteiger partial charge in [-0.1, -0.05) is 32.0 Å². The van der Waals surface area contributed by atoms with Crippen molar-refractivity contribution >= 4 is 0 Å². The molecule has 0 radical (unpaired) electrons. The van der Waals surface area contributed by atoms with Crippen molar-refractivity contribution in [3.05, 3.63) is 58.7 Å². The number of phenols is 2. The minimum Gasteiger partial charge on any atom is -0.508 e. The van der Waals surface area contributed by atoms with Crippen molar-refractivity contribution < 1.29 is 20.4 Å². The van der Waals surface area contributed by atoms with Crippen LogP contribution in [0.1, 0.15) is 36.1 Å². The summed E-state index contributed by atoms with van der Waals surface area (Å²) in [6, 6.07) is 10.2. The summed E-state index contributed by atoms with van der Waals surface area (Å²) in [7, 11) is 0. The second-order valence-electron chi connectivity index (χ2n) is 5.58. The van der Waals surface area contributed by atoms with E-state index in [9.17, 15) is 20.4 Å². The lowest BCUT2D eigenvalue weighted by atomic mass is 9.75. The molecule has 0 fully saturated rings. The van der Waals surface area contributed by atoms with Gasteiger partial charge >= 0.3 is 0 Å². The quantitative estimate of drug-likeness (QED) is 0.696. The first-order valence-electron chi connectivity index (χ1n) is 6.77. The van der Waals surface area contributed by atoms with Gasteiger partial charge in [0.15, 0.2) is 0 Å². The van der Waals surface area contributed by atoms with Crippen LogP contribution in [-0.4, -0.2) is 20.4 Å². The highest BCUT2D eigenvalue weighted by Crippen LogP contribution is 2.37. The van der Waals surface area contributed by atoms with E-state index in [2.05, 4.69) is 0 Å². The van der Waals surface area contributed by atoms with Gasteiger partial charge in [0.05, 0.1) is 13.2 Å². The summed E-state index contributed by atoms with van der Waals surface area (Å²) in [5.74, 6) is 0.172. The molecule has 0 atom stereocenters. The molecule has 21 heavy (non-hydrogen) atoms.